The van der Waals surface area contributed by atoms with Gasteiger partial charge in [-0.25, -0.2) is 4.79 Å². The van der Waals surface area contributed by atoms with Gasteiger partial charge in [0.15, 0.2) is 0 Å². The quantitative estimate of drug-likeness (QED) is 0.588. The summed E-state index contributed by atoms with van der Waals surface area (Å²) in [6.07, 6.45) is 3.58. The number of aromatic nitrogens is 1. The van der Waals surface area contributed by atoms with E-state index < -0.39 is 0 Å². The number of hydrogen-bond donors (Lipinski definition) is 0. The van der Waals surface area contributed by atoms with Gasteiger partial charge in [0.2, 0.25) is 6.08 Å². The lowest BCUT2D eigenvalue weighted by atomic mass is 10.0. The molecular weight excluding hydrogens is 220 g/mol. The van der Waals surface area contributed by atoms with Crippen molar-refractivity contribution in [3.63, 3.8) is 0 Å². The van der Waals surface area contributed by atoms with E-state index in [0.29, 0.717) is 0 Å². The molecule has 16 heavy (non-hydrogen) atoms. The van der Waals surface area contributed by atoms with Crippen LogP contribution in [0.2, 0.25) is 0 Å². The smallest absolute Gasteiger partial charge is 0.211 e. The van der Waals surface area contributed by atoms with E-state index in [0.717, 1.165) is 24.1 Å². The molecule has 0 N–H and O–H groups in total. The van der Waals surface area contributed by atoms with Crippen molar-refractivity contribution in [2.75, 3.05) is 0 Å². The molecule has 0 spiro atoms. The van der Waals surface area contributed by atoms with Crippen LogP contribution in [0.4, 0.5) is 0 Å². The Morgan fingerprint density at radius 2 is 2.31 bits per heavy atom. The van der Waals surface area contributed by atoms with Crippen LogP contribution >= 0.6 is 11.5 Å². The molecule has 0 radical (unpaired) electrons. The number of aliphatic imine (C=N–C) groups is 1. The van der Waals surface area contributed by atoms with Gasteiger partial charge < -0.3 is 0 Å². The van der Waals surface area contributed by atoms with Crippen LogP contribution in [-0.4, -0.2) is 10.5 Å². The van der Waals surface area contributed by atoms with Gasteiger partial charge in [-0.1, -0.05) is 6.07 Å². The third-order valence-corrected chi connectivity index (χ3v) is 4.09. The molecule has 1 aliphatic carbocycles. The van der Waals surface area contributed by atoms with Gasteiger partial charge in [-0.05, 0) is 49.0 Å². The second kappa shape index (κ2) is 3.24. The van der Waals surface area contributed by atoms with Crippen LogP contribution in [0.5, 0.6) is 0 Å². The van der Waals surface area contributed by atoms with Gasteiger partial charge in [0.05, 0.1) is 15.9 Å². The number of benzene rings is 1. The van der Waals surface area contributed by atoms with Gasteiger partial charge >= 0.3 is 0 Å². The maximum absolute atomic E-state index is 10.4. The Balaban J connectivity index is 2.18. The number of nitrogens with zero attached hydrogens (tertiary/aromatic N) is 2. The second-order valence-electron chi connectivity index (χ2n) is 4.21. The first-order valence-corrected chi connectivity index (χ1v) is 5.98. The minimum absolute atomic E-state index is 0.273. The normalized spacial score (nSPS) is 17.1. The molecule has 1 saturated carbocycles. The second-order valence-corrected chi connectivity index (χ2v) is 5.02. The molecular formula is C12H10N2OS. The average Bonchev–Trinajstić information content (AvgIpc) is 2.99. The molecule has 0 amide bonds. The topological polar surface area (TPSA) is 42.3 Å². The van der Waals surface area contributed by atoms with Crippen molar-refractivity contribution in [1.82, 2.24) is 4.37 Å². The number of carbonyl (C=O) groups excluding carboxylic acids is 1. The molecule has 1 heterocycles. The summed E-state index contributed by atoms with van der Waals surface area (Å²) < 4.78 is 5.51. The third-order valence-electron chi connectivity index (χ3n) is 3.17. The Morgan fingerprint density at radius 1 is 1.50 bits per heavy atom. The fourth-order valence-electron chi connectivity index (χ4n) is 2.02. The minimum atomic E-state index is -0.273. The van der Waals surface area contributed by atoms with Gasteiger partial charge in [0.1, 0.15) is 0 Å². The van der Waals surface area contributed by atoms with Crippen LogP contribution in [0.1, 0.15) is 24.1 Å². The van der Waals surface area contributed by atoms with E-state index in [2.05, 4.69) is 21.5 Å². The van der Waals surface area contributed by atoms with E-state index in [-0.39, 0.29) is 5.54 Å². The zero-order chi connectivity index (χ0) is 11.2. The largest absolute Gasteiger partial charge is 0.235 e. The summed E-state index contributed by atoms with van der Waals surface area (Å²) in [6, 6.07) is 6.23. The first kappa shape index (κ1) is 9.70. The molecule has 1 fully saturated rings. The van der Waals surface area contributed by atoms with Crippen LogP contribution in [0.25, 0.3) is 10.1 Å². The Morgan fingerprint density at radius 3 is 3.00 bits per heavy atom. The minimum Gasteiger partial charge on any atom is -0.211 e. The highest BCUT2D eigenvalue weighted by atomic mass is 32.1. The van der Waals surface area contributed by atoms with Crippen LogP contribution in [-0.2, 0) is 10.3 Å². The summed E-state index contributed by atoms with van der Waals surface area (Å²) >= 11 is 1.51. The summed E-state index contributed by atoms with van der Waals surface area (Å²) in [4.78, 5) is 14.3. The fraction of sp³-hybridized carbons (Fsp3) is 0.333. The first-order valence-electron chi connectivity index (χ1n) is 5.21. The number of fused-ring (bicyclic) bond motifs is 1. The number of rotatable bonds is 2. The molecule has 0 aliphatic heterocycles. The molecule has 3 rings (SSSR count). The molecule has 4 heteroatoms. The average molecular weight is 230 g/mol. The van der Waals surface area contributed by atoms with Gasteiger partial charge in [-0.3, -0.25) is 0 Å². The number of aryl methyl sites for hydroxylation is 1. The van der Waals surface area contributed by atoms with Crippen LogP contribution < -0.4 is 0 Å². The molecule has 0 unspecified atom stereocenters. The monoisotopic (exact) mass is 230 g/mol. The van der Waals surface area contributed by atoms with Crippen molar-refractivity contribution in [3.05, 3.63) is 29.5 Å². The molecule has 2 aromatic rings. The Kier molecular flexibility index (Phi) is 1.96. The maximum atomic E-state index is 10.4. The van der Waals surface area contributed by atoms with Crippen LogP contribution in [0, 0.1) is 6.92 Å². The van der Waals surface area contributed by atoms with E-state index >= 15 is 0 Å². The third kappa shape index (κ3) is 1.31. The van der Waals surface area contributed by atoms with Crippen molar-refractivity contribution in [3.8, 4) is 0 Å². The van der Waals surface area contributed by atoms with Crippen molar-refractivity contribution in [2.45, 2.75) is 25.3 Å². The zero-order valence-corrected chi connectivity index (χ0v) is 9.67. The SMILES string of the molecule is Cc1nsc2ccc(C3(N=C=O)CC3)cc12. The molecule has 0 atom stereocenters. The van der Waals surface area contributed by atoms with E-state index in [9.17, 15) is 4.79 Å². The predicted molar refractivity (Wildman–Crippen MR) is 63.4 cm³/mol. The maximum Gasteiger partial charge on any atom is 0.235 e. The highest BCUT2D eigenvalue weighted by Crippen LogP contribution is 2.49. The summed E-state index contributed by atoms with van der Waals surface area (Å²) in [5.74, 6) is 0. The van der Waals surface area contributed by atoms with Gasteiger partial charge in [0.25, 0.3) is 0 Å². The fourth-order valence-corrected chi connectivity index (χ4v) is 2.79. The van der Waals surface area contributed by atoms with E-state index in [1.807, 2.05) is 13.0 Å². The molecule has 1 aliphatic rings. The van der Waals surface area contributed by atoms with Crippen molar-refractivity contribution in [2.24, 2.45) is 4.99 Å². The predicted octanol–water partition coefficient (Wildman–Crippen LogP) is 2.93. The molecule has 80 valence electrons. The first-order chi connectivity index (χ1) is 7.75. The Bertz CT molecular complexity index is 607. The van der Waals surface area contributed by atoms with E-state index in [1.165, 1.54) is 21.6 Å². The summed E-state index contributed by atoms with van der Waals surface area (Å²) in [5.41, 5.74) is 1.89. The molecule has 1 aromatic carbocycles. The summed E-state index contributed by atoms with van der Waals surface area (Å²) in [6.45, 7) is 2.01. The van der Waals surface area contributed by atoms with Crippen molar-refractivity contribution >= 4 is 27.7 Å². The standard InChI is InChI=1S/C12H10N2OS/c1-8-10-6-9(2-3-11(10)16-14-8)12(4-5-12)13-7-15/h2-3,6H,4-5H2,1H3. The van der Waals surface area contributed by atoms with Crippen molar-refractivity contribution < 1.29 is 4.79 Å². The lowest BCUT2D eigenvalue weighted by Gasteiger charge is -2.07. The van der Waals surface area contributed by atoms with E-state index in [4.69, 9.17) is 0 Å². The number of isocyanates is 1. The highest BCUT2D eigenvalue weighted by Gasteiger charge is 2.44. The Labute approximate surface area is 97.0 Å². The summed E-state index contributed by atoms with van der Waals surface area (Å²) in [7, 11) is 0. The molecule has 0 bridgehead atoms. The van der Waals surface area contributed by atoms with Gasteiger partial charge in [0, 0.05) is 5.39 Å². The molecule has 0 saturated heterocycles. The van der Waals surface area contributed by atoms with Crippen molar-refractivity contribution in [1.29, 1.82) is 0 Å². The van der Waals surface area contributed by atoms with Crippen LogP contribution in [0.15, 0.2) is 23.2 Å². The zero-order valence-electron chi connectivity index (χ0n) is 8.86. The van der Waals surface area contributed by atoms with Gasteiger partial charge in [-0.15, -0.1) is 0 Å². The van der Waals surface area contributed by atoms with Gasteiger partial charge in [-0.2, -0.15) is 9.37 Å². The lowest BCUT2D eigenvalue weighted by Crippen LogP contribution is -2.01. The summed E-state index contributed by atoms with van der Waals surface area (Å²) in [5, 5.41) is 1.18. The lowest BCUT2D eigenvalue weighted by molar-refractivity contribution is 0.556. The number of hydrogen-bond acceptors (Lipinski definition) is 4. The molecule has 3 nitrogen and oxygen atoms in total. The highest BCUT2D eigenvalue weighted by molar-refractivity contribution is 7.13. The van der Waals surface area contributed by atoms with E-state index in [1.54, 1.807) is 6.08 Å². The Hall–Kier alpha value is -1.51. The van der Waals surface area contributed by atoms with Crippen LogP contribution in [0.3, 0.4) is 0 Å². The molecule has 1 aromatic heterocycles.